The summed E-state index contributed by atoms with van der Waals surface area (Å²) in [6.07, 6.45) is 3.08. The van der Waals surface area contributed by atoms with Gasteiger partial charge in [-0.25, -0.2) is 4.98 Å². The van der Waals surface area contributed by atoms with Crippen molar-refractivity contribution < 1.29 is 14.3 Å². The summed E-state index contributed by atoms with van der Waals surface area (Å²) in [5, 5.41) is 9.09. The van der Waals surface area contributed by atoms with Gasteiger partial charge in [0.15, 0.2) is 0 Å². The van der Waals surface area contributed by atoms with E-state index in [2.05, 4.69) is 4.98 Å². The van der Waals surface area contributed by atoms with E-state index in [4.69, 9.17) is 5.11 Å². The number of nitrogens with zero attached hydrogens (tertiary/aromatic N) is 2. The number of rotatable bonds is 2. The van der Waals surface area contributed by atoms with Crippen molar-refractivity contribution in [1.29, 1.82) is 0 Å². The van der Waals surface area contributed by atoms with E-state index in [0.717, 1.165) is 12.8 Å². The minimum absolute atomic E-state index is 0.00564. The maximum Gasteiger partial charge on any atom is 0.258 e. The fourth-order valence-corrected chi connectivity index (χ4v) is 2.11. The maximum atomic E-state index is 13.4. The van der Waals surface area contributed by atoms with Gasteiger partial charge in [-0.05, 0) is 30.9 Å². The molecule has 1 aliphatic rings. The lowest BCUT2D eigenvalue weighted by molar-refractivity contribution is 0.0615. The highest BCUT2D eigenvalue weighted by Gasteiger charge is 2.25. The Hall–Kier alpha value is -1.49. The van der Waals surface area contributed by atoms with Gasteiger partial charge in [-0.2, -0.15) is 4.39 Å². The standard InChI is InChI=1S/C12H15FN2O2/c13-11-10(4-1-5-14-11)12(17)15-6-2-3-9(7-15)8-16/h1,4-5,9,16H,2-3,6-8H2/t9-/m0/s1. The molecule has 4 nitrogen and oxygen atoms in total. The number of carbonyl (C=O) groups excluding carboxylic acids is 1. The van der Waals surface area contributed by atoms with Gasteiger partial charge in [0.1, 0.15) is 0 Å². The number of pyridine rings is 1. The lowest BCUT2D eigenvalue weighted by atomic mass is 9.98. The Bertz CT molecular complexity index is 411. The van der Waals surface area contributed by atoms with Crippen LogP contribution in [0.5, 0.6) is 0 Å². The van der Waals surface area contributed by atoms with Crippen molar-refractivity contribution in [1.82, 2.24) is 9.88 Å². The van der Waals surface area contributed by atoms with Crippen LogP contribution in [-0.2, 0) is 0 Å². The van der Waals surface area contributed by atoms with Gasteiger partial charge in [0, 0.05) is 25.9 Å². The normalized spacial score (nSPS) is 20.4. The molecule has 0 unspecified atom stereocenters. The van der Waals surface area contributed by atoms with Gasteiger partial charge in [-0.3, -0.25) is 4.79 Å². The predicted molar refractivity (Wildman–Crippen MR) is 59.9 cm³/mol. The summed E-state index contributed by atoms with van der Waals surface area (Å²) >= 11 is 0. The van der Waals surface area contributed by atoms with E-state index in [1.54, 1.807) is 11.0 Å². The van der Waals surface area contributed by atoms with Crippen molar-refractivity contribution in [2.24, 2.45) is 5.92 Å². The zero-order chi connectivity index (χ0) is 12.3. The van der Waals surface area contributed by atoms with Crippen LogP contribution >= 0.6 is 0 Å². The molecule has 0 spiro atoms. The zero-order valence-corrected chi connectivity index (χ0v) is 9.47. The number of carbonyl (C=O) groups is 1. The fraction of sp³-hybridized carbons (Fsp3) is 0.500. The molecule has 0 aromatic carbocycles. The summed E-state index contributed by atoms with van der Waals surface area (Å²) < 4.78 is 13.4. The van der Waals surface area contributed by atoms with E-state index in [0.29, 0.717) is 13.1 Å². The van der Waals surface area contributed by atoms with Crippen molar-refractivity contribution in [3.8, 4) is 0 Å². The molecular formula is C12H15FN2O2. The third kappa shape index (κ3) is 2.61. The van der Waals surface area contributed by atoms with E-state index < -0.39 is 5.95 Å². The highest BCUT2D eigenvalue weighted by molar-refractivity contribution is 5.94. The molecule has 0 bridgehead atoms. The second kappa shape index (κ2) is 5.23. The number of halogens is 1. The third-order valence-electron chi connectivity index (χ3n) is 3.05. The van der Waals surface area contributed by atoms with Gasteiger partial charge in [0.25, 0.3) is 5.91 Å². The molecule has 1 aliphatic heterocycles. The van der Waals surface area contributed by atoms with Gasteiger partial charge < -0.3 is 10.0 Å². The van der Waals surface area contributed by atoms with Crippen molar-refractivity contribution in [3.63, 3.8) is 0 Å². The lowest BCUT2D eigenvalue weighted by Gasteiger charge is -2.31. The Kier molecular flexibility index (Phi) is 3.68. The first-order valence-electron chi connectivity index (χ1n) is 5.73. The maximum absolute atomic E-state index is 13.4. The molecule has 1 atom stereocenters. The predicted octanol–water partition coefficient (Wildman–Crippen LogP) is 1.07. The highest BCUT2D eigenvalue weighted by Crippen LogP contribution is 2.18. The quantitative estimate of drug-likeness (QED) is 0.784. The van der Waals surface area contributed by atoms with Crippen LogP contribution in [0.15, 0.2) is 18.3 Å². The van der Waals surface area contributed by atoms with Gasteiger partial charge in [0.05, 0.1) is 5.56 Å². The molecule has 92 valence electrons. The average molecular weight is 238 g/mol. The van der Waals surface area contributed by atoms with Crippen LogP contribution < -0.4 is 0 Å². The van der Waals surface area contributed by atoms with Crippen molar-refractivity contribution in [3.05, 3.63) is 29.8 Å². The fourth-order valence-electron chi connectivity index (χ4n) is 2.11. The van der Waals surface area contributed by atoms with Gasteiger partial charge in [-0.15, -0.1) is 0 Å². The minimum Gasteiger partial charge on any atom is -0.396 e. The molecule has 0 radical (unpaired) electrons. The number of amides is 1. The molecule has 0 saturated carbocycles. The Morgan fingerprint density at radius 2 is 2.47 bits per heavy atom. The number of piperidine rings is 1. The minimum atomic E-state index is -0.733. The van der Waals surface area contributed by atoms with Crippen LogP contribution in [0, 0.1) is 11.9 Å². The molecule has 1 aromatic heterocycles. The van der Waals surface area contributed by atoms with Crippen LogP contribution in [0.25, 0.3) is 0 Å². The van der Waals surface area contributed by atoms with E-state index in [9.17, 15) is 9.18 Å². The van der Waals surface area contributed by atoms with Crippen LogP contribution in [0.1, 0.15) is 23.2 Å². The van der Waals surface area contributed by atoms with Gasteiger partial charge in [-0.1, -0.05) is 0 Å². The molecule has 0 aliphatic carbocycles. The Morgan fingerprint density at radius 3 is 3.18 bits per heavy atom. The Labute approximate surface area is 99.1 Å². The van der Waals surface area contributed by atoms with Gasteiger partial charge >= 0.3 is 0 Å². The number of aromatic nitrogens is 1. The van der Waals surface area contributed by atoms with Crippen LogP contribution in [0.3, 0.4) is 0 Å². The van der Waals surface area contributed by atoms with Crippen LogP contribution in [0.4, 0.5) is 4.39 Å². The van der Waals surface area contributed by atoms with Crippen molar-refractivity contribution in [2.75, 3.05) is 19.7 Å². The summed E-state index contributed by atoms with van der Waals surface area (Å²) in [4.78, 5) is 17.1. The zero-order valence-electron chi connectivity index (χ0n) is 9.47. The number of hydrogen-bond acceptors (Lipinski definition) is 3. The number of hydrogen-bond donors (Lipinski definition) is 1. The largest absolute Gasteiger partial charge is 0.396 e. The second-order valence-corrected chi connectivity index (χ2v) is 4.28. The Balaban J connectivity index is 2.12. The smallest absolute Gasteiger partial charge is 0.258 e. The molecule has 1 aromatic rings. The highest BCUT2D eigenvalue weighted by atomic mass is 19.1. The summed E-state index contributed by atoms with van der Waals surface area (Å²) in [5.41, 5.74) is 0.00564. The molecule has 1 amide bonds. The molecular weight excluding hydrogens is 223 g/mol. The van der Waals surface area contributed by atoms with E-state index >= 15 is 0 Å². The van der Waals surface area contributed by atoms with Crippen LogP contribution in [0.2, 0.25) is 0 Å². The molecule has 1 N–H and O–H groups in total. The second-order valence-electron chi connectivity index (χ2n) is 4.28. The SMILES string of the molecule is O=C(c1cccnc1F)N1CCC[C@H](CO)C1. The van der Waals surface area contributed by atoms with Crippen molar-refractivity contribution >= 4 is 5.91 Å². The molecule has 1 saturated heterocycles. The van der Waals surface area contributed by atoms with Crippen molar-refractivity contribution in [2.45, 2.75) is 12.8 Å². The molecule has 1 fully saturated rings. The molecule has 5 heteroatoms. The number of aliphatic hydroxyl groups excluding tert-OH is 1. The summed E-state index contributed by atoms with van der Waals surface area (Å²) in [5.74, 6) is -0.968. The topological polar surface area (TPSA) is 53.4 Å². The Morgan fingerprint density at radius 1 is 1.65 bits per heavy atom. The summed E-state index contributed by atoms with van der Waals surface area (Å²) in [6.45, 7) is 1.17. The number of aliphatic hydroxyl groups is 1. The van der Waals surface area contributed by atoms with E-state index in [1.807, 2.05) is 0 Å². The summed E-state index contributed by atoms with van der Waals surface area (Å²) in [6, 6.07) is 2.98. The average Bonchev–Trinajstić information content (AvgIpc) is 2.38. The first kappa shape index (κ1) is 12.0. The van der Waals surface area contributed by atoms with E-state index in [1.165, 1.54) is 12.3 Å². The first-order chi connectivity index (χ1) is 8.22. The van der Waals surface area contributed by atoms with Crippen LogP contribution in [-0.4, -0.2) is 40.6 Å². The third-order valence-corrected chi connectivity index (χ3v) is 3.05. The van der Waals surface area contributed by atoms with Gasteiger partial charge in [0.2, 0.25) is 5.95 Å². The monoisotopic (exact) mass is 238 g/mol. The number of likely N-dealkylation sites (tertiary alicyclic amines) is 1. The lowest BCUT2D eigenvalue weighted by Crippen LogP contribution is -2.41. The van der Waals surface area contributed by atoms with E-state index in [-0.39, 0.29) is 24.0 Å². The molecule has 17 heavy (non-hydrogen) atoms. The summed E-state index contributed by atoms with van der Waals surface area (Å²) in [7, 11) is 0. The first-order valence-corrected chi connectivity index (χ1v) is 5.73. The molecule has 2 heterocycles. The molecule has 2 rings (SSSR count).